The first kappa shape index (κ1) is 17.0. The first-order valence-electron chi connectivity index (χ1n) is 7.38. The third-order valence-electron chi connectivity index (χ3n) is 3.43. The van der Waals surface area contributed by atoms with Crippen molar-refractivity contribution >= 4 is 11.8 Å². The van der Waals surface area contributed by atoms with Crippen LogP contribution in [0, 0.1) is 5.41 Å². The minimum atomic E-state index is 0.0301. The summed E-state index contributed by atoms with van der Waals surface area (Å²) in [6.45, 7) is 8.16. The van der Waals surface area contributed by atoms with Crippen LogP contribution in [0.3, 0.4) is 0 Å². The minimum absolute atomic E-state index is 0.0301. The second-order valence-corrected chi connectivity index (χ2v) is 6.70. The molecule has 20 heavy (non-hydrogen) atoms. The van der Waals surface area contributed by atoms with Crippen molar-refractivity contribution in [3.63, 3.8) is 0 Å². The van der Waals surface area contributed by atoms with Gasteiger partial charge in [-0.2, -0.15) is 0 Å². The number of nitrogens with zero attached hydrogens (tertiary/aromatic N) is 1. The Hall–Kier alpha value is -1.10. The maximum absolute atomic E-state index is 12.1. The van der Waals surface area contributed by atoms with Crippen molar-refractivity contribution in [3.8, 4) is 0 Å². The van der Waals surface area contributed by atoms with Crippen molar-refractivity contribution in [3.05, 3.63) is 0 Å². The molecule has 1 aliphatic heterocycles. The zero-order chi connectivity index (χ0) is 15.2. The second-order valence-electron chi connectivity index (χ2n) is 6.70. The Labute approximate surface area is 122 Å². The largest absolute Gasteiger partial charge is 0.384 e. The van der Waals surface area contributed by atoms with E-state index in [0.29, 0.717) is 19.4 Å². The molecule has 0 aliphatic carbocycles. The lowest BCUT2D eigenvalue weighted by molar-refractivity contribution is -0.134. The van der Waals surface area contributed by atoms with E-state index in [-0.39, 0.29) is 23.3 Å². The minimum Gasteiger partial charge on any atom is -0.384 e. The van der Waals surface area contributed by atoms with Gasteiger partial charge in [-0.3, -0.25) is 9.59 Å². The van der Waals surface area contributed by atoms with E-state index in [2.05, 4.69) is 26.1 Å². The summed E-state index contributed by atoms with van der Waals surface area (Å²) < 4.78 is 4.88. The fraction of sp³-hybridized carbons (Fsp3) is 0.867. The summed E-state index contributed by atoms with van der Waals surface area (Å²) in [4.78, 5) is 25.6. The van der Waals surface area contributed by atoms with Gasteiger partial charge < -0.3 is 15.0 Å². The predicted octanol–water partition coefficient (Wildman–Crippen LogP) is 1.57. The van der Waals surface area contributed by atoms with Gasteiger partial charge in [0.25, 0.3) is 0 Å². The topological polar surface area (TPSA) is 58.6 Å². The summed E-state index contributed by atoms with van der Waals surface area (Å²) in [5.74, 6) is 0.257. The number of carbonyl (C=O) groups is 2. The van der Waals surface area contributed by atoms with Gasteiger partial charge in [0.15, 0.2) is 0 Å². The molecule has 1 rings (SSSR count). The number of piperidine rings is 1. The van der Waals surface area contributed by atoms with Crippen LogP contribution in [0.4, 0.5) is 0 Å². The number of hydrogen-bond donors (Lipinski definition) is 1. The molecule has 0 aromatic rings. The maximum atomic E-state index is 12.1. The summed E-state index contributed by atoms with van der Waals surface area (Å²) in [6, 6.07) is 0.193. The van der Waals surface area contributed by atoms with E-state index in [1.165, 1.54) is 0 Å². The summed E-state index contributed by atoms with van der Waals surface area (Å²) in [5.41, 5.74) is 0.0301. The van der Waals surface area contributed by atoms with Crippen LogP contribution in [0.2, 0.25) is 0 Å². The maximum Gasteiger partial charge on any atom is 0.223 e. The van der Waals surface area contributed by atoms with E-state index in [1.807, 2.05) is 4.90 Å². The van der Waals surface area contributed by atoms with Crippen molar-refractivity contribution in [1.29, 1.82) is 0 Å². The molecule has 1 saturated heterocycles. The van der Waals surface area contributed by atoms with Crippen LogP contribution in [0.25, 0.3) is 0 Å². The molecular formula is C15H28N2O3. The van der Waals surface area contributed by atoms with Crippen LogP contribution >= 0.6 is 0 Å². The number of hydrogen-bond acceptors (Lipinski definition) is 3. The molecule has 0 spiro atoms. The molecule has 0 aromatic carbocycles. The molecule has 5 heteroatoms. The van der Waals surface area contributed by atoms with Crippen LogP contribution in [-0.4, -0.2) is 49.6 Å². The molecule has 5 nitrogen and oxygen atoms in total. The quantitative estimate of drug-likeness (QED) is 0.833. The molecule has 2 amide bonds. The first-order valence-corrected chi connectivity index (χ1v) is 7.38. The van der Waals surface area contributed by atoms with E-state index in [0.717, 1.165) is 25.9 Å². The lowest BCUT2D eigenvalue weighted by Gasteiger charge is -2.34. The average molecular weight is 284 g/mol. The summed E-state index contributed by atoms with van der Waals surface area (Å²) in [5, 5.41) is 3.00. The van der Waals surface area contributed by atoms with Gasteiger partial charge in [-0.1, -0.05) is 20.8 Å². The SMILES string of the molecule is COCCC(=O)NC1CCN(C(=O)CC(C)(C)C)CC1. The van der Waals surface area contributed by atoms with E-state index < -0.39 is 0 Å². The molecule has 0 saturated carbocycles. The van der Waals surface area contributed by atoms with Crippen LogP contribution in [0.5, 0.6) is 0 Å². The van der Waals surface area contributed by atoms with Gasteiger partial charge in [0.1, 0.15) is 0 Å². The highest BCUT2D eigenvalue weighted by Crippen LogP contribution is 2.21. The predicted molar refractivity (Wildman–Crippen MR) is 78.3 cm³/mol. The van der Waals surface area contributed by atoms with Crippen LogP contribution in [-0.2, 0) is 14.3 Å². The van der Waals surface area contributed by atoms with Crippen molar-refractivity contribution in [1.82, 2.24) is 10.2 Å². The monoisotopic (exact) mass is 284 g/mol. The van der Waals surface area contributed by atoms with Gasteiger partial charge in [-0.05, 0) is 18.3 Å². The zero-order valence-corrected chi connectivity index (χ0v) is 13.2. The van der Waals surface area contributed by atoms with Crippen molar-refractivity contribution in [2.45, 2.75) is 52.5 Å². The zero-order valence-electron chi connectivity index (χ0n) is 13.2. The molecule has 1 fully saturated rings. The summed E-state index contributed by atoms with van der Waals surface area (Å²) in [7, 11) is 1.59. The molecule has 0 unspecified atom stereocenters. The van der Waals surface area contributed by atoms with Gasteiger partial charge in [0, 0.05) is 39.1 Å². The van der Waals surface area contributed by atoms with Crippen molar-refractivity contribution in [2.24, 2.45) is 5.41 Å². The number of rotatable bonds is 5. The van der Waals surface area contributed by atoms with Crippen molar-refractivity contribution in [2.75, 3.05) is 26.8 Å². The Kier molecular flexibility index (Phi) is 6.46. The van der Waals surface area contributed by atoms with Gasteiger partial charge in [-0.15, -0.1) is 0 Å². The van der Waals surface area contributed by atoms with Gasteiger partial charge >= 0.3 is 0 Å². The molecule has 1 N–H and O–H groups in total. The van der Waals surface area contributed by atoms with E-state index >= 15 is 0 Å². The van der Waals surface area contributed by atoms with Crippen LogP contribution < -0.4 is 5.32 Å². The third-order valence-corrected chi connectivity index (χ3v) is 3.43. The Bertz CT molecular complexity index is 329. The number of likely N-dealkylation sites (tertiary alicyclic amines) is 1. The number of nitrogens with one attached hydrogen (secondary N) is 1. The Balaban J connectivity index is 2.29. The Morgan fingerprint density at radius 2 is 1.85 bits per heavy atom. The number of carbonyl (C=O) groups excluding carboxylic acids is 2. The molecule has 1 aliphatic rings. The summed E-state index contributed by atoms with van der Waals surface area (Å²) >= 11 is 0. The third kappa shape index (κ3) is 6.37. The summed E-state index contributed by atoms with van der Waals surface area (Å²) in [6.07, 6.45) is 2.67. The fourth-order valence-corrected chi connectivity index (χ4v) is 2.33. The average Bonchev–Trinajstić information content (AvgIpc) is 2.35. The Morgan fingerprint density at radius 1 is 1.25 bits per heavy atom. The molecule has 0 atom stereocenters. The lowest BCUT2D eigenvalue weighted by Crippen LogP contribution is -2.47. The highest BCUT2D eigenvalue weighted by molar-refractivity contribution is 5.77. The number of ether oxygens (including phenoxy) is 1. The normalized spacial score (nSPS) is 17.1. The molecule has 0 radical (unpaired) electrons. The molecule has 1 heterocycles. The lowest BCUT2D eigenvalue weighted by atomic mass is 9.91. The second kappa shape index (κ2) is 7.62. The fourth-order valence-electron chi connectivity index (χ4n) is 2.33. The first-order chi connectivity index (χ1) is 9.31. The highest BCUT2D eigenvalue weighted by Gasteiger charge is 2.26. The van der Waals surface area contributed by atoms with Crippen LogP contribution in [0.1, 0.15) is 46.5 Å². The highest BCUT2D eigenvalue weighted by atomic mass is 16.5. The molecule has 116 valence electrons. The van der Waals surface area contributed by atoms with E-state index in [1.54, 1.807) is 7.11 Å². The standard InChI is InChI=1S/C15H28N2O3/c1-15(2,3)11-14(19)17-8-5-12(6-9-17)16-13(18)7-10-20-4/h12H,5-11H2,1-4H3,(H,16,18). The number of methoxy groups -OCH3 is 1. The molecular weight excluding hydrogens is 256 g/mol. The van der Waals surface area contributed by atoms with Gasteiger partial charge in [0.2, 0.25) is 11.8 Å². The molecule has 0 bridgehead atoms. The Morgan fingerprint density at radius 3 is 2.35 bits per heavy atom. The van der Waals surface area contributed by atoms with Crippen LogP contribution in [0.15, 0.2) is 0 Å². The number of amides is 2. The van der Waals surface area contributed by atoms with E-state index in [4.69, 9.17) is 4.74 Å². The molecule has 0 aromatic heterocycles. The smallest absolute Gasteiger partial charge is 0.223 e. The van der Waals surface area contributed by atoms with Gasteiger partial charge in [-0.25, -0.2) is 0 Å². The van der Waals surface area contributed by atoms with Crippen molar-refractivity contribution < 1.29 is 14.3 Å². The van der Waals surface area contributed by atoms with E-state index in [9.17, 15) is 9.59 Å². The van der Waals surface area contributed by atoms with Gasteiger partial charge in [0.05, 0.1) is 6.61 Å².